The molecule has 1 aliphatic carbocycles. The van der Waals surface area contributed by atoms with Crippen LogP contribution < -0.4 is 5.32 Å². The van der Waals surface area contributed by atoms with Gasteiger partial charge in [0, 0.05) is 25.2 Å². The summed E-state index contributed by atoms with van der Waals surface area (Å²) < 4.78 is 5.17. The molecule has 0 aromatic rings. The van der Waals surface area contributed by atoms with Crippen molar-refractivity contribution in [1.82, 2.24) is 15.1 Å². The van der Waals surface area contributed by atoms with Gasteiger partial charge in [-0.25, -0.2) is 4.79 Å². The molecule has 1 saturated carbocycles. The van der Waals surface area contributed by atoms with Crippen LogP contribution in [0.4, 0.5) is 4.79 Å². The number of hydrogen-bond acceptors (Lipinski definition) is 4. The minimum Gasteiger partial charge on any atom is -0.416 e. The zero-order chi connectivity index (χ0) is 15.9. The molecule has 0 aromatic heterocycles. The fraction of sp³-hybridized carbons (Fsp3) is 0.824. The fourth-order valence-electron chi connectivity index (χ4n) is 3.42. The molecule has 2 rings (SSSR count). The van der Waals surface area contributed by atoms with Crippen LogP contribution in [0.2, 0.25) is 0 Å². The van der Waals surface area contributed by atoms with Crippen molar-refractivity contribution < 1.29 is 9.53 Å². The van der Waals surface area contributed by atoms with Crippen molar-refractivity contribution in [3.8, 4) is 0 Å². The van der Waals surface area contributed by atoms with Gasteiger partial charge in [0.25, 0.3) is 0 Å². The quantitative estimate of drug-likeness (QED) is 0.814. The first-order valence-corrected chi connectivity index (χ1v) is 8.62. The highest BCUT2D eigenvalue weighted by molar-refractivity contribution is 5.68. The number of alkyl carbamates (subject to hydrolysis) is 1. The van der Waals surface area contributed by atoms with Gasteiger partial charge in [0.1, 0.15) is 5.76 Å². The van der Waals surface area contributed by atoms with Crippen molar-refractivity contribution in [2.45, 2.75) is 58.0 Å². The van der Waals surface area contributed by atoms with E-state index in [0.717, 1.165) is 12.8 Å². The average Bonchev–Trinajstić information content (AvgIpc) is 2.72. The van der Waals surface area contributed by atoms with Crippen LogP contribution in [0.5, 0.6) is 0 Å². The van der Waals surface area contributed by atoms with E-state index in [1.165, 1.54) is 45.4 Å². The number of hydrogen-bond donors (Lipinski definition) is 1. The molecule has 1 aliphatic heterocycles. The minimum atomic E-state index is -0.310. The van der Waals surface area contributed by atoms with Gasteiger partial charge in [-0.2, -0.15) is 0 Å². The topological polar surface area (TPSA) is 44.8 Å². The molecule has 0 spiro atoms. The minimum absolute atomic E-state index is 0.267. The van der Waals surface area contributed by atoms with E-state index in [9.17, 15) is 4.79 Å². The maximum Gasteiger partial charge on any atom is 0.412 e. The average molecular weight is 309 g/mol. The van der Waals surface area contributed by atoms with Gasteiger partial charge >= 0.3 is 6.09 Å². The monoisotopic (exact) mass is 309 g/mol. The van der Waals surface area contributed by atoms with Crippen molar-refractivity contribution in [3.05, 3.63) is 11.8 Å². The smallest absolute Gasteiger partial charge is 0.412 e. The highest BCUT2D eigenvalue weighted by atomic mass is 16.6. The zero-order valence-electron chi connectivity index (χ0n) is 14.3. The van der Waals surface area contributed by atoms with Gasteiger partial charge in [-0.3, -0.25) is 4.90 Å². The molecule has 1 heterocycles. The molecule has 5 heteroatoms. The molecule has 1 amide bonds. The summed E-state index contributed by atoms with van der Waals surface area (Å²) in [7, 11) is 2.21. The largest absolute Gasteiger partial charge is 0.416 e. The lowest BCUT2D eigenvalue weighted by molar-refractivity contribution is 0.138. The Bertz CT molecular complexity index is 389. The summed E-state index contributed by atoms with van der Waals surface area (Å²) in [5.41, 5.74) is 0. The second-order valence-corrected chi connectivity index (χ2v) is 6.63. The van der Waals surface area contributed by atoms with E-state index in [0.29, 0.717) is 11.8 Å². The molecule has 5 nitrogen and oxygen atoms in total. The molecule has 2 fully saturated rings. The van der Waals surface area contributed by atoms with Gasteiger partial charge in [0.2, 0.25) is 0 Å². The van der Waals surface area contributed by atoms with Gasteiger partial charge in [0.15, 0.2) is 0 Å². The van der Waals surface area contributed by atoms with Crippen molar-refractivity contribution >= 4 is 6.09 Å². The first-order valence-electron chi connectivity index (χ1n) is 8.62. The normalized spacial score (nSPS) is 29.0. The zero-order valence-corrected chi connectivity index (χ0v) is 14.3. The summed E-state index contributed by atoms with van der Waals surface area (Å²) in [6.45, 7) is 8.45. The van der Waals surface area contributed by atoms with E-state index in [2.05, 4.69) is 22.2 Å². The SMILES string of the molecule is C/C=C(\C)OC(=O)NC1CCC(N2CCCN(C)CC2)CC1. The first kappa shape index (κ1) is 17.3. The third-order valence-corrected chi connectivity index (χ3v) is 4.95. The predicted molar refractivity (Wildman–Crippen MR) is 88.8 cm³/mol. The highest BCUT2D eigenvalue weighted by Gasteiger charge is 2.27. The van der Waals surface area contributed by atoms with Gasteiger partial charge in [0.05, 0.1) is 0 Å². The van der Waals surface area contributed by atoms with Crippen LogP contribution in [0.3, 0.4) is 0 Å². The van der Waals surface area contributed by atoms with E-state index in [1.54, 1.807) is 13.0 Å². The van der Waals surface area contributed by atoms with Crippen molar-refractivity contribution in [3.63, 3.8) is 0 Å². The van der Waals surface area contributed by atoms with Gasteiger partial charge in [-0.1, -0.05) is 0 Å². The van der Waals surface area contributed by atoms with Gasteiger partial charge in [-0.05, 0) is 72.2 Å². The lowest BCUT2D eigenvalue weighted by Crippen LogP contribution is -2.45. The van der Waals surface area contributed by atoms with Gasteiger partial charge in [-0.15, -0.1) is 0 Å². The number of carbonyl (C=O) groups excluding carboxylic acids is 1. The van der Waals surface area contributed by atoms with Crippen LogP contribution in [0, 0.1) is 0 Å². The molecule has 2 aliphatic rings. The standard InChI is InChI=1S/C17H31N3O2/c1-4-14(2)22-17(21)18-15-6-8-16(9-7-15)20-11-5-10-19(3)12-13-20/h4,15-16H,5-13H2,1-3H3,(H,18,21)/b14-4+. The Kier molecular flexibility index (Phi) is 6.70. The molecule has 0 atom stereocenters. The fourth-order valence-corrected chi connectivity index (χ4v) is 3.42. The van der Waals surface area contributed by atoms with E-state index in [-0.39, 0.29) is 12.1 Å². The molecule has 126 valence electrons. The molecule has 1 N–H and O–H groups in total. The predicted octanol–water partition coefficient (Wildman–Crippen LogP) is 2.59. The lowest BCUT2D eigenvalue weighted by atomic mass is 9.90. The van der Waals surface area contributed by atoms with E-state index < -0.39 is 0 Å². The maximum atomic E-state index is 11.8. The second kappa shape index (κ2) is 8.53. The van der Waals surface area contributed by atoms with Crippen LogP contribution >= 0.6 is 0 Å². The number of carbonyl (C=O) groups is 1. The highest BCUT2D eigenvalue weighted by Crippen LogP contribution is 2.24. The van der Waals surface area contributed by atoms with Crippen LogP contribution in [0.25, 0.3) is 0 Å². The number of likely N-dealkylation sites (N-methyl/N-ethyl adjacent to an activating group) is 1. The molecule has 0 unspecified atom stereocenters. The number of nitrogens with zero attached hydrogens (tertiary/aromatic N) is 2. The third kappa shape index (κ3) is 5.29. The molecular formula is C17H31N3O2. The third-order valence-electron chi connectivity index (χ3n) is 4.95. The molecule has 0 bridgehead atoms. The van der Waals surface area contributed by atoms with Crippen LogP contribution in [-0.4, -0.2) is 61.2 Å². The maximum absolute atomic E-state index is 11.8. The van der Waals surface area contributed by atoms with E-state index in [1.807, 2.05) is 6.92 Å². The van der Waals surface area contributed by atoms with Crippen LogP contribution in [0.15, 0.2) is 11.8 Å². The molecule has 1 saturated heterocycles. The van der Waals surface area contributed by atoms with Crippen molar-refractivity contribution in [2.75, 3.05) is 33.2 Å². The molecule has 22 heavy (non-hydrogen) atoms. The summed E-state index contributed by atoms with van der Waals surface area (Å²) in [6.07, 6.45) is 7.22. The number of nitrogens with one attached hydrogen (secondary N) is 1. The number of rotatable bonds is 3. The summed E-state index contributed by atoms with van der Waals surface area (Å²) in [5, 5.41) is 3.00. The Morgan fingerprint density at radius 3 is 2.55 bits per heavy atom. The summed E-state index contributed by atoms with van der Waals surface area (Å²) in [4.78, 5) is 16.8. The molecular weight excluding hydrogens is 278 g/mol. The second-order valence-electron chi connectivity index (χ2n) is 6.63. The first-order chi connectivity index (χ1) is 10.6. The van der Waals surface area contributed by atoms with Crippen LogP contribution in [-0.2, 0) is 4.74 Å². The number of ether oxygens (including phenoxy) is 1. The van der Waals surface area contributed by atoms with E-state index in [4.69, 9.17) is 4.74 Å². The summed E-state index contributed by atoms with van der Waals surface area (Å²) in [6, 6.07) is 0.959. The van der Waals surface area contributed by atoms with Crippen molar-refractivity contribution in [2.24, 2.45) is 0 Å². The Morgan fingerprint density at radius 2 is 1.86 bits per heavy atom. The molecule has 0 radical (unpaired) electrons. The summed E-state index contributed by atoms with van der Waals surface area (Å²) in [5.74, 6) is 0.653. The number of amides is 1. The van der Waals surface area contributed by atoms with Crippen molar-refractivity contribution in [1.29, 1.82) is 0 Å². The molecule has 0 aromatic carbocycles. The Balaban J connectivity index is 1.72. The summed E-state index contributed by atoms with van der Waals surface area (Å²) >= 11 is 0. The lowest BCUT2D eigenvalue weighted by Gasteiger charge is -2.36. The van der Waals surface area contributed by atoms with Crippen LogP contribution in [0.1, 0.15) is 46.0 Å². The Hall–Kier alpha value is -1.07. The number of allylic oxidation sites excluding steroid dienone is 2. The van der Waals surface area contributed by atoms with E-state index >= 15 is 0 Å². The Labute approximate surface area is 134 Å². The van der Waals surface area contributed by atoms with Gasteiger partial charge < -0.3 is 15.0 Å². The Morgan fingerprint density at radius 1 is 1.14 bits per heavy atom.